The average molecular weight is 643 g/mol. The molecule has 0 aromatic heterocycles. The standard InChI is InChI=1S/C44H50O4/c1-21-17-35(25(5)29(9)41(21)45)39(36-18-22(2)42(46)30(10)26(36)6)33-13-15-34(16-14-33)40(37-19-23(3)43(47)31(11)27(37)7)38-20-24(4)44(48)32(12)28(38)8/h13-20,39-40,45-48H,1-12H3. The van der Waals surface area contributed by atoms with Crippen LogP contribution in [0.25, 0.3) is 0 Å². The van der Waals surface area contributed by atoms with Gasteiger partial charge in [0.15, 0.2) is 0 Å². The van der Waals surface area contributed by atoms with E-state index < -0.39 is 0 Å². The van der Waals surface area contributed by atoms with Gasteiger partial charge in [0.2, 0.25) is 0 Å². The molecule has 0 aliphatic heterocycles. The van der Waals surface area contributed by atoms with E-state index >= 15 is 0 Å². The predicted molar refractivity (Wildman–Crippen MR) is 198 cm³/mol. The number of hydrogen-bond donors (Lipinski definition) is 4. The second-order valence-electron chi connectivity index (χ2n) is 14.1. The molecule has 250 valence electrons. The Hall–Kier alpha value is -4.70. The molecule has 0 aliphatic carbocycles. The maximum Gasteiger partial charge on any atom is 0.121 e. The number of hydrogen-bond acceptors (Lipinski definition) is 4. The third-order valence-corrected chi connectivity index (χ3v) is 11.2. The van der Waals surface area contributed by atoms with Crippen molar-refractivity contribution in [3.8, 4) is 23.0 Å². The van der Waals surface area contributed by atoms with Crippen molar-refractivity contribution in [1.29, 1.82) is 0 Å². The topological polar surface area (TPSA) is 80.9 Å². The van der Waals surface area contributed by atoms with Gasteiger partial charge in [-0.05, 0) is 183 Å². The smallest absolute Gasteiger partial charge is 0.121 e. The Bertz CT molecular complexity index is 1810. The Kier molecular flexibility index (Phi) is 9.18. The third-order valence-electron chi connectivity index (χ3n) is 11.2. The van der Waals surface area contributed by atoms with E-state index in [1.807, 2.05) is 55.4 Å². The van der Waals surface area contributed by atoms with Gasteiger partial charge in [0.05, 0.1) is 0 Å². The zero-order chi connectivity index (χ0) is 35.5. The number of phenolic OH excluding ortho intramolecular Hbond substituents is 4. The fourth-order valence-electron chi connectivity index (χ4n) is 7.53. The summed E-state index contributed by atoms with van der Waals surface area (Å²) in [5.74, 6) is 1.04. The molecule has 48 heavy (non-hydrogen) atoms. The lowest BCUT2D eigenvalue weighted by atomic mass is 9.76. The van der Waals surface area contributed by atoms with Crippen molar-refractivity contribution in [3.05, 3.63) is 149 Å². The molecule has 5 rings (SSSR count). The Morgan fingerprint density at radius 2 is 0.500 bits per heavy atom. The molecule has 0 amide bonds. The van der Waals surface area contributed by atoms with E-state index in [1.54, 1.807) is 0 Å². The Balaban J connectivity index is 1.79. The minimum atomic E-state index is -0.131. The summed E-state index contributed by atoms with van der Waals surface area (Å²) in [4.78, 5) is 0. The molecule has 0 atom stereocenters. The van der Waals surface area contributed by atoms with Gasteiger partial charge in [-0.1, -0.05) is 48.5 Å². The van der Waals surface area contributed by atoms with E-state index in [-0.39, 0.29) is 11.8 Å². The second-order valence-corrected chi connectivity index (χ2v) is 14.1. The summed E-state index contributed by atoms with van der Waals surface area (Å²) in [5, 5.41) is 43.3. The zero-order valence-corrected chi connectivity index (χ0v) is 30.6. The molecule has 0 heterocycles. The van der Waals surface area contributed by atoms with E-state index in [1.165, 1.54) is 0 Å². The number of benzene rings is 5. The minimum absolute atomic E-state index is 0.131. The molecular weight excluding hydrogens is 592 g/mol. The fraction of sp³-hybridized carbons (Fsp3) is 0.318. The number of rotatable bonds is 6. The van der Waals surface area contributed by atoms with Crippen molar-refractivity contribution in [2.24, 2.45) is 0 Å². The van der Waals surface area contributed by atoms with Crippen LogP contribution < -0.4 is 0 Å². The van der Waals surface area contributed by atoms with E-state index in [0.29, 0.717) is 23.0 Å². The fourth-order valence-corrected chi connectivity index (χ4v) is 7.53. The molecule has 5 aromatic rings. The molecule has 0 saturated heterocycles. The van der Waals surface area contributed by atoms with Gasteiger partial charge < -0.3 is 20.4 Å². The number of aryl methyl sites for hydroxylation is 4. The summed E-state index contributed by atoms with van der Waals surface area (Å²) in [6.45, 7) is 24.0. The van der Waals surface area contributed by atoms with Crippen molar-refractivity contribution in [1.82, 2.24) is 0 Å². The minimum Gasteiger partial charge on any atom is -0.507 e. The van der Waals surface area contributed by atoms with Crippen molar-refractivity contribution in [2.75, 3.05) is 0 Å². The SMILES string of the molecule is Cc1cc(C(c2ccc(C(c3cc(C)c(O)c(C)c3C)c3cc(C)c(O)c(C)c3C)cc2)c2cc(C)c(O)c(C)c2C)c(C)c(C)c1O. The number of phenols is 4. The maximum atomic E-state index is 10.8. The van der Waals surface area contributed by atoms with Gasteiger partial charge in [0, 0.05) is 11.8 Å². The second kappa shape index (κ2) is 12.7. The van der Waals surface area contributed by atoms with Crippen LogP contribution in [0, 0.1) is 83.1 Å². The van der Waals surface area contributed by atoms with Gasteiger partial charge >= 0.3 is 0 Å². The molecule has 0 spiro atoms. The van der Waals surface area contributed by atoms with Gasteiger partial charge in [-0.3, -0.25) is 0 Å². The van der Waals surface area contributed by atoms with Crippen LogP contribution in [0.3, 0.4) is 0 Å². The number of aromatic hydroxyl groups is 4. The zero-order valence-electron chi connectivity index (χ0n) is 30.6. The molecular formula is C44H50O4. The Labute approximate surface area is 286 Å². The van der Waals surface area contributed by atoms with Crippen LogP contribution >= 0.6 is 0 Å². The normalized spacial score (nSPS) is 11.6. The summed E-state index contributed by atoms with van der Waals surface area (Å²) >= 11 is 0. The van der Waals surface area contributed by atoms with Crippen LogP contribution in [0.4, 0.5) is 0 Å². The highest BCUT2D eigenvalue weighted by Gasteiger charge is 2.28. The average Bonchev–Trinajstić information content (AvgIpc) is 3.07. The van der Waals surface area contributed by atoms with Gasteiger partial charge in [-0.25, -0.2) is 0 Å². The first kappa shape index (κ1) is 34.6. The van der Waals surface area contributed by atoms with Gasteiger partial charge in [-0.2, -0.15) is 0 Å². The van der Waals surface area contributed by atoms with Gasteiger partial charge in [0.1, 0.15) is 23.0 Å². The molecule has 0 radical (unpaired) electrons. The molecule has 0 fully saturated rings. The maximum absolute atomic E-state index is 10.8. The monoisotopic (exact) mass is 642 g/mol. The van der Waals surface area contributed by atoms with E-state index in [4.69, 9.17) is 0 Å². The highest BCUT2D eigenvalue weighted by molar-refractivity contribution is 5.61. The van der Waals surface area contributed by atoms with Gasteiger partial charge in [-0.15, -0.1) is 0 Å². The highest BCUT2D eigenvalue weighted by Crippen LogP contribution is 2.45. The largest absolute Gasteiger partial charge is 0.507 e. The Morgan fingerprint density at radius 1 is 0.312 bits per heavy atom. The van der Waals surface area contributed by atoms with Crippen LogP contribution in [0.5, 0.6) is 23.0 Å². The van der Waals surface area contributed by atoms with Crippen LogP contribution in [0.2, 0.25) is 0 Å². The van der Waals surface area contributed by atoms with Crippen molar-refractivity contribution >= 4 is 0 Å². The molecule has 0 bridgehead atoms. The van der Waals surface area contributed by atoms with Crippen molar-refractivity contribution < 1.29 is 20.4 Å². The molecule has 5 aromatic carbocycles. The lowest BCUT2D eigenvalue weighted by Gasteiger charge is -2.28. The molecule has 4 heteroatoms. The summed E-state index contributed by atoms with van der Waals surface area (Å²) in [6, 6.07) is 17.3. The van der Waals surface area contributed by atoms with Crippen LogP contribution in [-0.2, 0) is 0 Å². The van der Waals surface area contributed by atoms with Gasteiger partial charge in [0.25, 0.3) is 0 Å². The molecule has 0 unspecified atom stereocenters. The summed E-state index contributed by atoms with van der Waals surface area (Å²) < 4.78 is 0. The third kappa shape index (κ3) is 5.61. The molecule has 0 aliphatic rings. The first-order valence-electron chi connectivity index (χ1n) is 16.8. The highest BCUT2D eigenvalue weighted by atomic mass is 16.3. The van der Waals surface area contributed by atoms with Crippen LogP contribution in [0.15, 0.2) is 48.5 Å². The summed E-state index contributed by atoms with van der Waals surface area (Å²) in [7, 11) is 0. The molecule has 4 nitrogen and oxygen atoms in total. The quantitative estimate of drug-likeness (QED) is 0.139. The molecule has 4 N–H and O–H groups in total. The van der Waals surface area contributed by atoms with Crippen LogP contribution in [-0.4, -0.2) is 20.4 Å². The van der Waals surface area contributed by atoms with E-state index in [2.05, 4.69) is 76.2 Å². The van der Waals surface area contributed by atoms with Crippen LogP contribution in [0.1, 0.15) is 112 Å². The lowest BCUT2D eigenvalue weighted by Crippen LogP contribution is -2.12. The first-order chi connectivity index (χ1) is 22.5. The van der Waals surface area contributed by atoms with Crippen molar-refractivity contribution in [3.63, 3.8) is 0 Å². The molecule has 0 saturated carbocycles. The van der Waals surface area contributed by atoms with E-state index in [0.717, 1.165) is 100 Å². The first-order valence-corrected chi connectivity index (χ1v) is 16.8. The lowest BCUT2D eigenvalue weighted by molar-refractivity contribution is 0.465. The van der Waals surface area contributed by atoms with E-state index in [9.17, 15) is 20.4 Å². The predicted octanol–water partition coefficient (Wildman–Crippen LogP) is 10.6. The Morgan fingerprint density at radius 3 is 0.688 bits per heavy atom. The summed E-state index contributed by atoms with van der Waals surface area (Å²) in [6.07, 6.45) is 0. The summed E-state index contributed by atoms with van der Waals surface area (Å²) in [5.41, 5.74) is 17.7. The van der Waals surface area contributed by atoms with Crippen molar-refractivity contribution in [2.45, 2.75) is 94.9 Å².